The number of hydrogen-bond donors (Lipinski definition) is 5. The number of anilines is 2. The summed E-state index contributed by atoms with van der Waals surface area (Å²) in [6.45, 7) is 32.9. The summed E-state index contributed by atoms with van der Waals surface area (Å²) in [7, 11) is -10.6. The molecule has 6 rings (SSSR count). The monoisotopic (exact) mass is 2050 g/mol. The van der Waals surface area contributed by atoms with Crippen LogP contribution in [0.5, 0.6) is 11.5 Å². The summed E-state index contributed by atoms with van der Waals surface area (Å²) >= 11 is 0. The number of sulfonamides is 1. The van der Waals surface area contributed by atoms with Gasteiger partial charge in [0.05, 0.1) is 88.1 Å². The van der Waals surface area contributed by atoms with E-state index in [9.17, 15) is 57.5 Å². The number of esters is 5. The summed E-state index contributed by atoms with van der Waals surface area (Å²) in [6, 6.07) is 38.5. The molecule has 0 saturated carbocycles. The van der Waals surface area contributed by atoms with Crippen molar-refractivity contribution in [2.24, 2.45) is 15.9 Å². The topological polar surface area (TPSA) is 515 Å². The molecule has 42 nitrogen and oxygen atoms in total. The minimum Gasteiger partial charge on any atom is -0.460 e. The molecule has 0 saturated heterocycles. The molecule has 3 atom stereocenters. The third-order valence-electron chi connectivity index (χ3n) is 17.9. The fourth-order valence-electron chi connectivity index (χ4n) is 12.1. The number of nitrogens with one attached hydrogen (secondary N) is 5. The third-order valence-corrected chi connectivity index (χ3v) is 21.9. The first kappa shape index (κ1) is 119. The van der Waals surface area contributed by atoms with Gasteiger partial charge in [-0.3, -0.25) is 25.5 Å². The van der Waals surface area contributed by atoms with Crippen LogP contribution in [0.1, 0.15) is 222 Å². The van der Waals surface area contributed by atoms with Crippen LogP contribution in [0.15, 0.2) is 168 Å². The number of nitrogens with zero attached hydrogens (tertiary/aromatic N) is 5. The van der Waals surface area contributed by atoms with E-state index in [4.69, 9.17) is 75.8 Å². The van der Waals surface area contributed by atoms with Gasteiger partial charge in [0.1, 0.15) is 69.5 Å². The van der Waals surface area contributed by atoms with Crippen molar-refractivity contribution in [3.8, 4) is 11.5 Å². The van der Waals surface area contributed by atoms with Gasteiger partial charge < -0.3 is 86.4 Å². The van der Waals surface area contributed by atoms with Gasteiger partial charge in [0.25, 0.3) is 0 Å². The highest BCUT2D eigenvalue weighted by Crippen LogP contribution is 2.33. The molecule has 0 bridgehead atoms. The summed E-state index contributed by atoms with van der Waals surface area (Å²) in [5, 5.41) is 10.7. The summed E-state index contributed by atoms with van der Waals surface area (Å²) in [6.07, 6.45) is -11.7. The summed E-state index contributed by atoms with van der Waals surface area (Å²) in [5.41, 5.74) is -6.83. The lowest BCUT2D eigenvalue weighted by molar-refractivity contribution is -0.167. The predicted molar refractivity (Wildman–Crippen MR) is 528 cm³/mol. The van der Waals surface area contributed by atoms with Crippen LogP contribution >= 0.6 is 0 Å². The van der Waals surface area contributed by atoms with E-state index in [1.165, 1.54) is 159 Å². The van der Waals surface area contributed by atoms with Crippen LogP contribution in [0.4, 0.5) is 44.9 Å². The van der Waals surface area contributed by atoms with Crippen LogP contribution in [0.3, 0.4) is 0 Å². The van der Waals surface area contributed by atoms with Gasteiger partial charge in [0.15, 0.2) is 6.17 Å². The minimum atomic E-state index is -5.43. The molecule has 0 spiro atoms. The van der Waals surface area contributed by atoms with Gasteiger partial charge in [-0.25, -0.2) is 56.4 Å². The average Bonchev–Trinajstić information content (AvgIpc) is 0.779. The Kier molecular flexibility index (Phi) is 44.1. The van der Waals surface area contributed by atoms with E-state index in [0.717, 1.165) is 0 Å². The van der Waals surface area contributed by atoms with Gasteiger partial charge in [-0.1, -0.05) is 84.9 Å². The molecular weight excluding hydrogens is 1920 g/mol. The average molecular weight is 2050 g/mol. The lowest BCUT2D eigenvalue weighted by atomic mass is 9.98. The number of rotatable bonds is 40. The molecule has 0 fully saturated rings. The zero-order chi connectivity index (χ0) is 108. The van der Waals surface area contributed by atoms with Crippen LogP contribution in [0.2, 0.25) is 0 Å². The Labute approximate surface area is 840 Å². The van der Waals surface area contributed by atoms with Crippen LogP contribution < -0.4 is 36.1 Å². The van der Waals surface area contributed by atoms with Crippen LogP contribution in [0, 0.1) is 5.92 Å². The maximum atomic E-state index is 15.7. The smallest absolute Gasteiger partial charge is 0.437 e. The Morgan fingerprint density at radius 2 is 0.694 bits per heavy atom. The second-order valence-electron chi connectivity index (χ2n) is 40.2. The first-order valence-electron chi connectivity index (χ1n) is 46.0. The van der Waals surface area contributed by atoms with E-state index in [0.29, 0.717) is 24.0 Å². The van der Waals surface area contributed by atoms with E-state index in [2.05, 4.69) is 36.6 Å². The third kappa shape index (κ3) is 45.9. The van der Waals surface area contributed by atoms with Crippen LogP contribution in [-0.2, 0) is 127 Å². The number of amides is 7. The SMILES string of the molecule is CC(C)(C)OC(=O)C[C@@H](C(=O)OC(C)(C)C)C(CCOCCOCCOCCOCCN([C@H](NC(=O)OC(C)(C)C)C(=O)OC(C)(C)C)S(=O)(=O)N(Cc1ccc(OC(=O)c2ccc(NC(=NC(=O)OC(C)(C)C)NC(=O)OC(C)(C)C)cc2)cc1)C(=O)OCc1ccccc1)S(=O)(=O)N(Cc1ccc(OC(=O)c2ccc(NC(=NC(=O)OC(C)(C)C)NC(=O)OC(C)(C)C)cc2)cc1)C(=O)OCc1ccccc1. The highest BCUT2D eigenvalue weighted by atomic mass is 32.2. The van der Waals surface area contributed by atoms with Gasteiger partial charge in [-0.05, 0) is 268 Å². The Morgan fingerprint density at radius 1 is 0.354 bits per heavy atom. The Morgan fingerprint density at radius 3 is 1.07 bits per heavy atom. The molecule has 0 aliphatic heterocycles. The van der Waals surface area contributed by atoms with E-state index in [-0.39, 0.29) is 96.7 Å². The number of ether oxygens (including phenoxy) is 16. The van der Waals surface area contributed by atoms with Crippen LogP contribution in [0.25, 0.3) is 0 Å². The van der Waals surface area contributed by atoms with Crippen molar-refractivity contribution in [1.29, 1.82) is 0 Å². The zero-order valence-corrected chi connectivity index (χ0v) is 87.6. The minimum absolute atomic E-state index is 0.0220. The standard InChI is InChI=1S/C100H136N10O32S2/c1-93(2,3)135-78(111)61-76(82(114)136-94(4,5)6)77(143(123,124)109(91(121)131-64-68-31-27-25-28-32-68)62-66-35-47-74(48-36-66)133-80(112)70-39-43-72(44-40-70)101-84(104-87(117)139-97(13,14)15)105-88(118)140-98(16,17)18)51-53-127-55-57-129-59-60-130-58-56-128-54-52-108(79(83(115)137-95(7,8)9)103-86(116)138-96(10,11)12)144(125,126)110(92(122)132-65-69-33-29-26-30-34-69)63-67-37-49-75(50-38-67)134-81(113)71-41-45-73(46-42-71)102-85(106-89(119)141-99(19,20)21)107-90(120)142-100(22,23)24/h25-50,76-77,79H,51-65H2,1-24H3,(H,103,116)(H2,101,104,105,117,118)(H2,102,106,107,119,120)/t76-,77?,79+/m1/s1. The molecule has 790 valence electrons. The molecular formula is C100H136N10O32S2. The van der Waals surface area contributed by atoms with E-state index in [1.807, 2.05) is 0 Å². The highest BCUT2D eigenvalue weighted by molar-refractivity contribution is 7.90. The first-order valence-corrected chi connectivity index (χ1v) is 48.9. The van der Waals surface area contributed by atoms with Gasteiger partial charge in [-0.15, -0.1) is 14.3 Å². The normalized spacial score (nSPS) is 13.1. The molecule has 5 N–H and O–H groups in total. The molecule has 1 unspecified atom stereocenters. The molecule has 7 amide bonds. The van der Waals surface area contributed by atoms with Crippen molar-refractivity contribution in [1.82, 2.24) is 28.9 Å². The molecule has 144 heavy (non-hydrogen) atoms. The van der Waals surface area contributed by atoms with Crippen molar-refractivity contribution >= 4 is 116 Å². The number of benzene rings is 6. The first-order chi connectivity index (χ1) is 66.8. The van der Waals surface area contributed by atoms with Gasteiger partial charge in [0, 0.05) is 24.5 Å². The molecule has 0 heterocycles. The van der Waals surface area contributed by atoms with E-state index in [1.54, 1.807) is 165 Å². The molecule has 6 aromatic rings. The van der Waals surface area contributed by atoms with Crippen molar-refractivity contribution in [3.05, 3.63) is 191 Å². The maximum absolute atomic E-state index is 15.7. The lowest BCUT2D eigenvalue weighted by Gasteiger charge is -2.35. The molecule has 44 heteroatoms. The number of aliphatic imine (C=N–C) groups is 2. The van der Waals surface area contributed by atoms with Gasteiger partial charge in [-0.2, -0.15) is 17.0 Å². The fourth-order valence-corrected chi connectivity index (χ4v) is 15.6. The van der Waals surface area contributed by atoms with Crippen molar-refractivity contribution in [3.63, 3.8) is 0 Å². The number of guanidine groups is 2. The number of alkyl carbamates (subject to hydrolysis) is 3. The highest BCUT2D eigenvalue weighted by Gasteiger charge is 2.48. The number of carbonyl (C=O) groups is 12. The Bertz CT molecular complexity index is 5260. The fraction of sp³-hybridized carbons (Fsp3) is 0.500. The van der Waals surface area contributed by atoms with Crippen molar-refractivity contribution in [2.45, 2.75) is 262 Å². The van der Waals surface area contributed by atoms with Gasteiger partial charge >= 0.3 is 82.7 Å². The Hall–Kier alpha value is -13.4. The van der Waals surface area contributed by atoms with Gasteiger partial charge in [0.2, 0.25) is 21.9 Å². The molecule has 0 radical (unpaired) electrons. The molecule has 0 aliphatic rings. The summed E-state index contributed by atoms with van der Waals surface area (Å²) in [4.78, 5) is 172. The largest absolute Gasteiger partial charge is 0.460 e. The van der Waals surface area contributed by atoms with E-state index < -0.39 is 214 Å². The predicted octanol–water partition coefficient (Wildman–Crippen LogP) is 16.1. The lowest BCUT2D eigenvalue weighted by Crippen LogP contribution is -2.61. The van der Waals surface area contributed by atoms with Crippen molar-refractivity contribution in [2.75, 3.05) is 70.0 Å². The number of hydrogen-bond acceptors (Lipinski definition) is 32. The molecule has 0 aliphatic carbocycles. The van der Waals surface area contributed by atoms with E-state index >= 15 is 16.8 Å². The molecule has 6 aromatic carbocycles. The summed E-state index contributed by atoms with van der Waals surface area (Å²) < 4.78 is 154. The summed E-state index contributed by atoms with van der Waals surface area (Å²) in [5.74, 6) is -7.78. The van der Waals surface area contributed by atoms with Crippen LogP contribution in [-0.4, -0.2) is 230 Å². The number of carbonyl (C=O) groups excluding carboxylic acids is 12. The Balaban J connectivity index is 1.18. The second-order valence-corrected chi connectivity index (χ2v) is 44.0. The van der Waals surface area contributed by atoms with Crippen molar-refractivity contribution < 1.29 is 150 Å². The second kappa shape index (κ2) is 53.3. The zero-order valence-electron chi connectivity index (χ0n) is 86.0. The quantitative estimate of drug-likeness (QED) is 0.00453. The maximum Gasteiger partial charge on any atom is 0.437 e. The molecule has 0 aromatic heterocycles.